The van der Waals surface area contributed by atoms with E-state index < -0.39 is 29.9 Å². The molecule has 2 aromatic rings. The third-order valence-corrected chi connectivity index (χ3v) is 3.55. The molecule has 3 rings (SSSR count). The van der Waals surface area contributed by atoms with Gasteiger partial charge in [-0.15, -0.1) is 0 Å². The molecule has 2 radical (unpaired) electrons. The van der Waals surface area contributed by atoms with Gasteiger partial charge in [0.05, 0.1) is 19.0 Å². The fourth-order valence-corrected chi connectivity index (χ4v) is 2.48. The van der Waals surface area contributed by atoms with E-state index in [1.54, 1.807) is 6.92 Å². The first-order valence-corrected chi connectivity index (χ1v) is 6.17. The number of hydrogen-bond acceptors (Lipinski definition) is 7. The van der Waals surface area contributed by atoms with Gasteiger partial charge in [-0.25, -0.2) is 4.98 Å². The molecular weight excluding hydrogens is 548 g/mol. The van der Waals surface area contributed by atoms with Gasteiger partial charge >= 0.3 is 0 Å². The molecule has 1 fully saturated rings. The van der Waals surface area contributed by atoms with Crippen molar-refractivity contribution in [1.82, 2.24) is 19.5 Å². The van der Waals surface area contributed by atoms with Crippen molar-refractivity contribution >= 4 is 17.1 Å². The summed E-state index contributed by atoms with van der Waals surface area (Å²) in [5.41, 5.74) is 5.45. The molecule has 2 aromatic heterocycles. The topological polar surface area (TPSA) is 142 Å². The second kappa shape index (κ2) is 8.23. The minimum atomic E-state index is -1.05. The molecule has 0 bridgehead atoms. The van der Waals surface area contributed by atoms with Gasteiger partial charge in [0.1, 0.15) is 6.23 Å². The summed E-state index contributed by atoms with van der Waals surface area (Å²) in [5.74, 6) is -0.431. The Balaban J connectivity index is 0.00000121. The van der Waals surface area contributed by atoms with Crippen molar-refractivity contribution in [2.45, 2.75) is 25.4 Å². The summed E-state index contributed by atoms with van der Waals surface area (Å²) < 4.78 is 7.04. The Hall–Kier alpha value is 0.757. The molecule has 0 aliphatic carbocycles. The van der Waals surface area contributed by atoms with Crippen molar-refractivity contribution in [2.24, 2.45) is 5.92 Å². The van der Waals surface area contributed by atoms with Gasteiger partial charge in [-0.2, -0.15) is 4.98 Å². The van der Waals surface area contributed by atoms with Crippen LogP contribution in [-0.2, 0) is 4.74 Å². The normalized spacial score (nSPS) is 27.4. The average molecular weight is 562 g/mol. The zero-order chi connectivity index (χ0) is 14.4. The number of rotatable bonds is 2. The molecule has 1 aliphatic rings. The number of aliphatic hydroxyl groups excluding tert-OH is 1. The second-order valence-corrected chi connectivity index (χ2v) is 4.85. The van der Waals surface area contributed by atoms with Gasteiger partial charge in [-0.3, -0.25) is 14.3 Å². The molecule has 9 nitrogen and oxygen atoms in total. The van der Waals surface area contributed by atoms with Gasteiger partial charge in [0.15, 0.2) is 11.2 Å². The Morgan fingerprint density at radius 3 is 2.82 bits per heavy atom. The molecule has 114 valence electrons. The molecule has 1 saturated heterocycles. The Morgan fingerprint density at radius 1 is 1.55 bits per heavy atom. The van der Waals surface area contributed by atoms with E-state index in [0.717, 1.165) is 0 Å². The molecule has 22 heavy (non-hydrogen) atoms. The van der Waals surface area contributed by atoms with Crippen molar-refractivity contribution in [3.8, 4) is 0 Å². The zero-order valence-electron chi connectivity index (χ0n) is 11.8. The Labute approximate surface area is 191 Å². The summed E-state index contributed by atoms with van der Waals surface area (Å²) >= 11 is 0. The van der Waals surface area contributed by atoms with Crippen molar-refractivity contribution in [3.05, 3.63) is 16.7 Å². The van der Waals surface area contributed by atoms with Crippen LogP contribution in [0, 0.1) is 88.5 Å². The Morgan fingerprint density at radius 2 is 2.23 bits per heavy atom. The number of ether oxygens (including phenoxy) is 1. The largest absolute Gasteiger partial charge is 0.850 e. The van der Waals surface area contributed by atoms with Crippen LogP contribution in [0.2, 0.25) is 0 Å². The predicted octanol–water partition coefficient (Wildman–Crippen LogP) is -2.04. The molecular formula is C11H14N5O4Pr2-. The van der Waals surface area contributed by atoms with Gasteiger partial charge in [0.2, 0.25) is 5.95 Å². The van der Waals surface area contributed by atoms with E-state index >= 15 is 0 Å². The van der Waals surface area contributed by atoms with Gasteiger partial charge in [-0.05, 0) is 5.92 Å². The van der Waals surface area contributed by atoms with Crippen molar-refractivity contribution < 1.29 is 97.5 Å². The van der Waals surface area contributed by atoms with Gasteiger partial charge in [-0.1, -0.05) is 13.0 Å². The molecule has 4 atom stereocenters. The number of aromatic amines is 1. The van der Waals surface area contributed by atoms with E-state index in [-0.39, 0.29) is 106 Å². The van der Waals surface area contributed by atoms with Crippen LogP contribution in [-0.4, -0.2) is 43.4 Å². The van der Waals surface area contributed by atoms with Crippen LogP contribution in [0.1, 0.15) is 13.2 Å². The molecule has 0 aromatic carbocycles. The molecule has 11 heteroatoms. The van der Waals surface area contributed by atoms with E-state index in [0.29, 0.717) is 0 Å². The third-order valence-electron chi connectivity index (χ3n) is 3.55. The first-order valence-electron chi connectivity index (χ1n) is 6.17. The minimum absolute atomic E-state index is 0. The summed E-state index contributed by atoms with van der Waals surface area (Å²) in [6, 6.07) is 0. The third kappa shape index (κ3) is 3.55. The number of nitrogens with zero attached hydrogens (tertiary/aromatic N) is 3. The molecule has 0 spiro atoms. The summed E-state index contributed by atoms with van der Waals surface area (Å²) in [6.45, 7) is 1.37. The van der Waals surface area contributed by atoms with Crippen LogP contribution < -0.4 is 16.4 Å². The number of nitrogen functional groups attached to an aromatic ring is 1. The van der Waals surface area contributed by atoms with E-state index in [2.05, 4.69) is 15.0 Å². The first-order chi connectivity index (χ1) is 9.52. The van der Waals surface area contributed by atoms with Gasteiger partial charge < -0.3 is 20.7 Å². The van der Waals surface area contributed by atoms with Crippen LogP contribution >= 0.6 is 0 Å². The van der Waals surface area contributed by atoms with E-state index in [9.17, 15) is 9.90 Å². The summed E-state index contributed by atoms with van der Waals surface area (Å²) in [7, 11) is 0. The van der Waals surface area contributed by atoms with Crippen molar-refractivity contribution in [1.29, 1.82) is 0 Å². The first kappa shape index (κ1) is 20.8. The summed E-state index contributed by atoms with van der Waals surface area (Å²) in [5, 5.41) is 21.1. The van der Waals surface area contributed by atoms with Gasteiger partial charge in [0.25, 0.3) is 5.56 Å². The van der Waals surface area contributed by atoms with Crippen molar-refractivity contribution in [2.75, 3.05) is 12.3 Å². The summed E-state index contributed by atoms with van der Waals surface area (Å²) in [6.07, 6.45) is -1.08. The number of aromatic nitrogens is 4. The summed E-state index contributed by atoms with van der Waals surface area (Å²) in [4.78, 5) is 22.1. The average Bonchev–Trinajstić information content (AvgIpc) is 2.93. The van der Waals surface area contributed by atoms with Crippen LogP contribution in [0.25, 0.3) is 11.2 Å². The SMILES string of the molecule is CC1C([O-])[C@@H](CO)O[C@H]1n1cnc2c(=O)[nH]c(N)nc21.[Pr].[Pr]. The van der Waals surface area contributed by atoms with E-state index in [1.807, 2.05) is 0 Å². The molecule has 2 unspecified atom stereocenters. The number of hydrogen-bond donors (Lipinski definition) is 3. The van der Waals surface area contributed by atoms with E-state index in [1.165, 1.54) is 10.9 Å². The van der Waals surface area contributed by atoms with E-state index in [4.69, 9.17) is 15.6 Å². The second-order valence-electron chi connectivity index (χ2n) is 4.85. The Bertz CT molecular complexity index is 705. The zero-order valence-corrected chi connectivity index (χ0v) is 19.2. The number of anilines is 1. The molecule has 1 aliphatic heterocycles. The molecule has 0 saturated carbocycles. The van der Waals surface area contributed by atoms with Crippen LogP contribution in [0.3, 0.4) is 0 Å². The van der Waals surface area contributed by atoms with Crippen molar-refractivity contribution in [3.63, 3.8) is 0 Å². The molecule has 4 N–H and O–H groups in total. The molecule has 3 heterocycles. The van der Waals surface area contributed by atoms with Crippen LogP contribution in [0.5, 0.6) is 0 Å². The number of aliphatic hydroxyl groups is 1. The van der Waals surface area contributed by atoms with Crippen LogP contribution in [0.15, 0.2) is 11.1 Å². The van der Waals surface area contributed by atoms with Crippen LogP contribution in [0.4, 0.5) is 5.95 Å². The standard InChI is InChI=1S/C11H14N5O4.2Pr/c1-4-7(18)5(2-17)20-10(4)16-3-13-6-8(16)14-11(12)15-9(6)19;;/h3-5,7,10,17H,2H2,1H3,(H3,12,14,15,19);;/q-1;;/t4?,5-,7?,10-;;/m1../s1. The number of H-pyrrole nitrogens is 1. The quantitative estimate of drug-likeness (QED) is 0.383. The minimum Gasteiger partial charge on any atom is -0.850 e. The molecule has 0 amide bonds. The predicted molar refractivity (Wildman–Crippen MR) is 66.5 cm³/mol. The maximum absolute atomic E-state index is 12.0. The number of nitrogens with two attached hydrogens (primary N) is 1. The fourth-order valence-electron chi connectivity index (χ4n) is 2.48. The monoisotopic (exact) mass is 562 g/mol. The maximum Gasteiger partial charge on any atom is 0.280 e. The number of nitrogens with one attached hydrogen (secondary N) is 1. The van der Waals surface area contributed by atoms with Gasteiger partial charge in [0, 0.05) is 82.6 Å². The maximum atomic E-state index is 12.0. The Kier molecular flexibility index (Phi) is 7.78. The number of imidazole rings is 1. The number of fused-ring (bicyclic) bond motifs is 1. The fraction of sp³-hybridized carbons (Fsp3) is 0.545. The smallest absolute Gasteiger partial charge is 0.280 e.